The van der Waals surface area contributed by atoms with Crippen LogP contribution in [0.4, 0.5) is 4.39 Å². The van der Waals surface area contributed by atoms with Crippen LogP contribution < -0.4 is 0 Å². The van der Waals surface area contributed by atoms with Crippen LogP contribution in [-0.2, 0) is 0 Å². The Morgan fingerprint density at radius 2 is 2.17 bits per heavy atom. The number of alkyl halides is 1. The second kappa shape index (κ2) is 4.35. The van der Waals surface area contributed by atoms with Crippen molar-refractivity contribution < 1.29 is 9.50 Å². The summed E-state index contributed by atoms with van der Waals surface area (Å²) in [5.74, 6) is -0.319. The SMILES string of the molecule is OC(CBr)c1ccc(F)c(Br)c1. The van der Waals surface area contributed by atoms with E-state index in [1.54, 1.807) is 12.1 Å². The summed E-state index contributed by atoms with van der Waals surface area (Å²) < 4.78 is 13.1. The predicted molar refractivity (Wildman–Crippen MR) is 52.9 cm³/mol. The highest BCUT2D eigenvalue weighted by molar-refractivity contribution is 9.10. The van der Waals surface area contributed by atoms with Gasteiger partial charge in [-0.3, -0.25) is 0 Å². The number of hydrogen-bond donors (Lipinski definition) is 1. The Hall–Kier alpha value is 0.0700. The number of hydrogen-bond acceptors (Lipinski definition) is 1. The van der Waals surface area contributed by atoms with Crippen molar-refractivity contribution >= 4 is 31.9 Å². The molecule has 1 N–H and O–H groups in total. The van der Waals surface area contributed by atoms with Gasteiger partial charge in [-0.1, -0.05) is 22.0 Å². The lowest BCUT2D eigenvalue weighted by atomic mass is 10.1. The Kier molecular flexibility index (Phi) is 3.68. The summed E-state index contributed by atoms with van der Waals surface area (Å²) >= 11 is 6.18. The van der Waals surface area contributed by atoms with E-state index in [1.807, 2.05) is 0 Å². The molecule has 4 heteroatoms. The summed E-state index contributed by atoms with van der Waals surface area (Å²) in [7, 11) is 0. The fourth-order valence-electron chi connectivity index (χ4n) is 0.809. The summed E-state index contributed by atoms with van der Waals surface area (Å²) in [4.78, 5) is 0. The van der Waals surface area contributed by atoms with Gasteiger partial charge in [0, 0.05) is 5.33 Å². The highest BCUT2D eigenvalue weighted by Crippen LogP contribution is 2.22. The molecular weight excluding hydrogens is 291 g/mol. The quantitative estimate of drug-likeness (QED) is 0.832. The Morgan fingerprint density at radius 1 is 1.50 bits per heavy atom. The molecule has 0 heterocycles. The Labute approximate surface area is 86.9 Å². The lowest BCUT2D eigenvalue weighted by Gasteiger charge is -2.07. The molecule has 12 heavy (non-hydrogen) atoms. The van der Waals surface area contributed by atoms with Gasteiger partial charge in [-0.05, 0) is 33.6 Å². The first-order chi connectivity index (χ1) is 5.65. The average Bonchev–Trinajstić information content (AvgIpc) is 2.08. The molecule has 0 aliphatic rings. The molecule has 1 atom stereocenters. The summed E-state index contributed by atoms with van der Waals surface area (Å²) in [6.07, 6.45) is -0.582. The molecular formula is C8H7Br2FO. The van der Waals surface area contributed by atoms with Crippen LogP contribution in [0, 0.1) is 5.82 Å². The number of benzene rings is 1. The zero-order valence-electron chi connectivity index (χ0n) is 6.10. The van der Waals surface area contributed by atoms with E-state index in [4.69, 9.17) is 0 Å². The topological polar surface area (TPSA) is 20.2 Å². The monoisotopic (exact) mass is 296 g/mol. The third-order valence-corrected chi connectivity index (χ3v) is 2.70. The molecule has 0 spiro atoms. The van der Waals surface area contributed by atoms with E-state index in [9.17, 15) is 9.50 Å². The van der Waals surface area contributed by atoms with E-state index < -0.39 is 6.10 Å². The third-order valence-electron chi connectivity index (χ3n) is 1.47. The molecule has 1 unspecified atom stereocenters. The van der Waals surface area contributed by atoms with Crippen molar-refractivity contribution in [3.05, 3.63) is 34.1 Å². The number of aliphatic hydroxyl groups is 1. The van der Waals surface area contributed by atoms with Crippen LogP contribution in [-0.4, -0.2) is 10.4 Å². The van der Waals surface area contributed by atoms with Crippen LogP contribution in [0.3, 0.4) is 0 Å². The van der Waals surface area contributed by atoms with Gasteiger partial charge in [-0.2, -0.15) is 0 Å². The van der Waals surface area contributed by atoms with Crippen LogP contribution in [0.5, 0.6) is 0 Å². The van der Waals surface area contributed by atoms with Crippen LogP contribution in [0.2, 0.25) is 0 Å². The highest BCUT2D eigenvalue weighted by atomic mass is 79.9. The van der Waals surface area contributed by atoms with Gasteiger partial charge in [0.25, 0.3) is 0 Å². The van der Waals surface area contributed by atoms with Gasteiger partial charge in [-0.15, -0.1) is 0 Å². The molecule has 1 rings (SSSR count). The Morgan fingerprint density at radius 3 is 2.67 bits per heavy atom. The van der Waals surface area contributed by atoms with E-state index in [0.717, 1.165) is 0 Å². The lowest BCUT2D eigenvalue weighted by molar-refractivity contribution is 0.205. The molecule has 0 aliphatic carbocycles. The summed E-state index contributed by atoms with van der Waals surface area (Å²) in [6, 6.07) is 4.46. The molecule has 66 valence electrons. The maximum Gasteiger partial charge on any atom is 0.137 e. The summed E-state index contributed by atoms with van der Waals surface area (Å²) in [6.45, 7) is 0. The van der Waals surface area contributed by atoms with Crippen LogP contribution in [0.25, 0.3) is 0 Å². The number of aliphatic hydroxyl groups excluding tert-OH is 1. The molecule has 0 amide bonds. The molecule has 0 fully saturated rings. The van der Waals surface area contributed by atoms with E-state index in [1.165, 1.54) is 6.07 Å². The minimum Gasteiger partial charge on any atom is -0.388 e. The van der Waals surface area contributed by atoms with Gasteiger partial charge in [-0.25, -0.2) is 4.39 Å². The fourth-order valence-corrected chi connectivity index (χ4v) is 1.58. The van der Waals surface area contributed by atoms with Gasteiger partial charge in [0.1, 0.15) is 5.82 Å². The van der Waals surface area contributed by atoms with Gasteiger partial charge >= 0.3 is 0 Å². The maximum absolute atomic E-state index is 12.7. The third kappa shape index (κ3) is 2.28. The van der Waals surface area contributed by atoms with Crippen molar-refractivity contribution in [1.29, 1.82) is 0 Å². The molecule has 0 bridgehead atoms. The van der Waals surface area contributed by atoms with Crippen LogP contribution >= 0.6 is 31.9 Å². The van der Waals surface area contributed by atoms with Gasteiger partial charge in [0.05, 0.1) is 10.6 Å². The Bertz CT molecular complexity index is 278. The minimum atomic E-state index is -0.582. The zero-order chi connectivity index (χ0) is 9.14. The normalized spacial score (nSPS) is 13.0. The molecule has 1 nitrogen and oxygen atoms in total. The maximum atomic E-state index is 12.7. The second-order valence-corrected chi connectivity index (χ2v) is 3.85. The minimum absolute atomic E-state index is 0.319. The molecule has 1 aromatic carbocycles. The standard InChI is InChI=1S/C8H7Br2FO/c9-4-8(12)5-1-2-7(11)6(10)3-5/h1-3,8,12H,4H2. The van der Waals surface area contributed by atoms with Crippen molar-refractivity contribution in [3.63, 3.8) is 0 Å². The number of rotatable bonds is 2. The second-order valence-electron chi connectivity index (χ2n) is 2.34. The first kappa shape index (κ1) is 10.2. The van der Waals surface area contributed by atoms with Gasteiger partial charge in [0.15, 0.2) is 0 Å². The summed E-state index contributed by atoms with van der Waals surface area (Å²) in [5.41, 5.74) is 0.695. The van der Waals surface area contributed by atoms with E-state index in [-0.39, 0.29) is 5.82 Å². The van der Waals surface area contributed by atoms with Crippen molar-refractivity contribution in [1.82, 2.24) is 0 Å². The van der Waals surface area contributed by atoms with E-state index in [2.05, 4.69) is 31.9 Å². The van der Waals surface area contributed by atoms with Crippen molar-refractivity contribution in [2.24, 2.45) is 0 Å². The van der Waals surface area contributed by atoms with Crippen LogP contribution in [0.1, 0.15) is 11.7 Å². The van der Waals surface area contributed by atoms with Gasteiger partial charge < -0.3 is 5.11 Å². The molecule has 0 saturated carbocycles. The van der Waals surface area contributed by atoms with E-state index in [0.29, 0.717) is 15.4 Å². The number of halogens is 3. The Balaban J connectivity index is 2.96. The first-order valence-electron chi connectivity index (χ1n) is 3.34. The van der Waals surface area contributed by atoms with Crippen molar-refractivity contribution in [3.8, 4) is 0 Å². The lowest BCUT2D eigenvalue weighted by Crippen LogP contribution is -1.98. The van der Waals surface area contributed by atoms with Crippen LogP contribution in [0.15, 0.2) is 22.7 Å². The summed E-state index contributed by atoms with van der Waals surface area (Å²) in [5, 5.41) is 9.80. The molecule has 0 radical (unpaired) electrons. The molecule has 0 aliphatic heterocycles. The zero-order valence-corrected chi connectivity index (χ0v) is 9.27. The molecule has 0 aromatic heterocycles. The predicted octanol–water partition coefficient (Wildman–Crippen LogP) is 3.02. The smallest absolute Gasteiger partial charge is 0.137 e. The van der Waals surface area contributed by atoms with Crippen molar-refractivity contribution in [2.75, 3.05) is 5.33 Å². The highest BCUT2D eigenvalue weighted by Gasteiger charge is 2.07. The first-order valence-corrected chi connectivity index (χ1v) is 5.25. The van der Waals surface area contributed by atoms with Crippen molar-refractivity contribution in [2.45, 2.75) is 6.10 Å². The average molecular weight is 298 g/mol. The fraction of sp³-hybridized carbons (Fsp3) is 0.250. The van der Waals surface area contributed by atoms with Gasteiger partial charge in [0.2, 0.25) is 0 Å². The molecule has 1 aromatic rings. The largest absolute Gasteiger partial charge is 0.388 e. The van der Waals surface area contributed by atoms with E-state index >= 15 is 0 Å². The molecule has 0 saturated heterocycles.